The summed E-state index contributed by atoms with van der Waals surface area (Å²) in [6.07, 6.45) is 2.79. The monoisotopic (exact) mass is 381 g/mol. The van der Waals surface area contributed by atoms with Crippen LogP contribution in [-0.4, -0.2) is 39.8 Å². The zero-order valence-electron chi connectivity index (χ0n) is 15.1. The number of aromatic amines is 1. The predicted octanol–water partition coefficient (Wildman–Crippen LogP) is 2.11. The third-order valence-corrected chi connectivity index (χ3v) is 4.79. The third-order valence-electron chi connectivity index (χ3n) is 4.79. The molecule has 0 spiro atoms. The standard InChI is InChI=1S/C20H19N3O5/c24-18-14-6-1-2-7-15(14)21-17(22-18)12-28-20(26)13-5-3-9-23(11-13)19(25)16-8-4-10-27-16/h1-2,4,6-8,10,13H,3,5,9,11-12H2,(H,21,22,24). The van der Waals surface area contributed by atoms with E-state index in [0.717, 1.165) is 0 Å². The van der Waals surface area contributed by atoms with Gasteiger partial charge in [0.15, 0.2) is 5.76 Å². The molecule has 0 aliphatic carbocycles. The van der Waals surface area contributed by atoms with Crippen molar-refractivity contribution in [3.8, 4) is 0 Å². The molecule has 0 saturated carbocycles. The number of para-hydroxylation sites is 1. The van der Waals surface area contributed by atoms with Gasteiger partial charge < -0.3 is 19.0 Å². The maximum absolute atomic E-state index is 12.5. The fourth-order valence-electron chi connectivity index (χ4n) is 3.37. The topological polar surface area (TPSA) is 105 Å². The number of nitrogens with one attached hydrogen (secondary N) is 1. The largest absolute Gasteiger partial charge is 0.459 e. The highest BCUT2D eigenvalue weighted by molar-refractivity contribution is 5.91. The lowest BCUT2D eigenvalue weighted by molar-refractivity contribution is -0.151. The number of aromatic nitrogens is 2. The average Bonchev–Trinajstić information content (AvgIpc) is 3.26. The number of rotatable bonds is 4. The average molecular weight is 381 g/mol. The van der Waals surface area contributed by atoms with Gasteiger partial charge in [-0.25, -0.2) is 4.98 Å². The number of carbonyl (C=O) groups is 2. The quantitative estimate of drug-likeness (QED) is 0.694. The molecule has 1 aromatic carbocycles. The van der Waals surface area contributed by atoms with Gasteiger partial charge in [-0.15, -0.1) is 0 Å². The molecular weight excluding hydrogens is 362 g/mol. The molecule has 1 fully saturated rings. The molecule has 3 aromatic rings. The van der Waals surface area contributed by atoms with E-state index in [-0.39, 0.29) is 36.2 Å². The number of hydrogen-bond donors (Lipinski definition) is 1. The molecule has 2 aromatic heterocycles. The van der Waals surface area contributed by atoms with E-state index >= 15 is 0 Å². The Morgan fingerprint density at radius 1 is 1.25 bits per heavy atom. The number of ether oxygens (including phenoxy) is 1. The summed E-state index contributed by atoms with van der Waals surface area (Å²) in [7, 11) is 0. The van der Waals surface area contributed by atoms with Crippen LogP contribution in [0, 0.1) is 5.92 Å². The second kappa shape index (κ2) is 7.67. The second-order valence-electron chi connectivity index (χ2n) is 6.71. The number of nitrogens with zero attached hydrogens (tertiary/aromatic N) is 2. The first kappa shape index (κ1) is 18.0. The van der Waals surface area contributed by atoms with Crippen molar-refractivity contribution >= 4 is 22.8 Å². The number of benzene rings is 1. The number of H-pyrrole nitrogens is 1. The summed E-state index contributed by atoms with van der Waals surface area (Å²) in [5.74, 6) is -0.515. The molecule has 3 heterocycles. The highest BCUT2D eigenvalue weighted by Gasteiger charge is 2.31. The fraction of sp³-hybridized carbons (Fsp3) is 0.300. The molecule has 8 nitrogen and oxygen atoms in total. The maximum Gasteiger partial charge on any atom is 0.311 e. The summed E-state index contributed by atoms with van der Waals surface area (Å²) in [4.78, 5) is 45.5. The van der Waals surface area contributed by atoms with Gasteiger partial charge in [-0.05, 0) is 37.1 Å². The number of furan rings is 1. The lowest BCUT2D eigenvalue weighted by Crippen LogP contribution is -2.42. The third kappa shape index (κ3) is 3.66. The molecule has 1 saturated heterocycles. The van der Waals surface area contributed by atoms with Crippen molar-refractivity contribution in [3.05, 3.63) is 64.6 Å². The molecule has 1 aliphatic heterocycles. The fourth-order valence-corrected chi connectivity index (χ4v) is 3.37. The Labute approximate surface area is 160 Å². The summed E-state index contributed by atoms with van der Waals surface area (Å²) in [6, 6.07) is 10.2. The minimum absolute atomic E-state index is 0.123. The SMILES string of the molecule is O=C(OCc1nc2ccccc2c(=O)[nH]1)C1CCCN(C(=O)c2ccco2)C1. The van der Waals surface area contributed by atoms with Crippen molar-refractivity contribution in [2.75, 3.05) is 13.1 Å². The van der Waals surface area contributed by atoms with Gasteiger partial charge in [0.2, 0.25) is 0 Å². The number of fused-ring (bicyclic) bond motifs is 1. The van der Waals surface area contributed by atoms with Crippen LogP contribution in [0.2, 0.25) is 0 Å². The summed E-state index contributed by atoms with van der Waals surface area (Å²) < 4.78 is 10.5. The molecule has 0 radical (unpaired) electrons. The van der Waals surface area contributed by atoms with Crippen LogP contribution < -0.4 is 5.56 Å². The number of esters is 1. The first-order valence-electron chi connectivity index (χ1n) is 9.09. The molecule has 144 valence electrons. The van der Waals surface area contributed by atoms with Crippen LogP contribution in [0.5, 0.6) is 0 Å². The van der Waals surface area contributed by atoms with E-state index in [4.69, 9.17) is 9.15 Å². The van der Waals surface area contributed by atoms with Crippen LogP contribution in [0.3, 0.4) is 0 Å². The van der Waals surface area contributed by atoms with Crippen LogP contribution in [0.4, 0.5) is 0 Å². The van der Waals surface area contributed by atoms with Gasteiger partial charge in [-0.3, -0.25) is 14.4 Å². The lowest BCUT2D eigenvalue weighted by atomic mass is 9.98. The molecule has 1 amide bonds. The van der Waals surface area contributed by atoms with Crippen LogP contribution >= 0.6 is 0 Å². The Morgan fingerprint density at radius 3 is 2.93 bits per heavy atom. The molecular formula is C20H19N3O5. The van der Waals surface area contributed by atoms with Crippen molar-refractivity contribution in [1.29, 1.82) is 0 Å². The zero-order valence-corrected chi connectivity index (χ0v) is 15.1. The van der Waals surface area contributed by atoms with E-state index in [1.54, 1.807) is 41.3 Å². The smallest absolute Gasteiger partial charge is 0.311 e. The van der Waals surface area contributed by atoms with Crippen molar-refractivity contribution in [2.24, 2.45) is 5.92 Å². The van der Waals surface area contributed by atoms with Gasteiger partial charge >= 0.3 is 5.97 Å². The van der Waals surface area contributed by atoms with Crippen molar-refractivity contribution in [1.82, 2.24) is 14.9 Å². The van der Waals surface area contributed by atoms with E-state index in [0.29, 0.717) is 30.3 Å². The summed E-state index contributed by atoms with van der Waals surface area (Å²) in [5.41, 5.74) is 0.273. The first-order valence-corrected chi connectivity index (χ1v) is 9.09. The molecule has 0 bridgehead atoms. The van der Waals surface area contributed by atoms with Gasteiger partial charge in [-0.2, -0.15) is 0 Å². The lowest BCUT2D eigenvalue weighted by Gasteiger charge is -2.30. The van der Waals surface area contributed by atoms with Crippen LogP contribution in [-0.2, 0) is 16.1 Å². The van der Waals surface area contributed by atoms with Crippen LogP contribution in [0.15, 0.2) is 51.9 Å². The number of amides is 1. The Hall–Kier alpha value is -3.42. The minimum atomic E-state index is -0.417. The molecule has 8 heteroatoms. The van der Waals surface area contributed by atoms with Crippen LogP contribution in [0.1, 0.15) is 29.2 Å². The van der Waals surface area contributed by atoms with Crippen molar-refractivity contribution < 1.29 is 18.7 Å². The van der Waals surface area contributed by atoms with E-state index in [2.05, 4.69) is 9.97 Å². The van der Waals surface area contributed by atoms with E-state index in [9.17, 15) is 14.4 Å². The Balaban J connectivity index is 1.40. The summed E-state index contributed by atoms with van der Waals surface area (Å²) in [5, 5.41) is 0.483. The van der Waals surface area contributed by atoms with Gasteiger partial charge in [0.1, 0.15) is 12.4 Å². The van der Waals surface area contributed by atoms with E-state index < -0.39 is 11.9 Å². The maximum atomic E-state index is 12.5. The Morgan fingerprint density at radius 2 is 2.11 bits per heavy atom. The summed E-state index contributed by atoms with van der Waals surface area (Å²) in [6.45, 7) is 0.727. The van der Waals surface area contributed by atoms with Crippen molar-refractivity contribution in [2.45, 2.75) is 19.4 Å². The predicted molar refractivity (Wildman–Crippen MR) is 99.5 cm³/mol. The Bertz CT molecular complexity index is 1060. The number of piperidine rings is 1. The normalized spacial score (nSPS) is 16.9. The number of likely N-dealkylation sites (tertiary alicyclic amines) is 1. The van der Waals surface area contributed by atoms with E-state index in [1.807, 2.05) is 0 Å². The number of carbonyl (C=O) groups excluding carboxylic acids is 2. The highest BCUT2D eigenvalue weighted by atomic mass is 16.5. The summed E-state index contributed by atoms with van der Waals surface area (Å²) >= 11 is 0. The highest BCUT2D eigenvalue weighted by Crippen LogP contribution is 2.20. The molecule has 1 aliphatic rings. The van der Waals surface area contributed by atoms with E-state index in [1.165, 1.54) is 6.26 Å². The van der Waals surface area contributed by atoms with Crippen molar-refractivity contribution in [3.63, 3.8) is 0 Å². The molecule has 1 atom stereocenters. The Kier molecular flexibility index (Phi) is 4.92. The molecule has 1 unspecified atom stereocenters. The number of hydrogen-bond acceptors (Lipinski definition) is 6. The first-order chi connectivity index (χ1) is 13.6. The van der Waals surface area contributed by atoms with Gasteiger partial charge in [0.25, 0.3) is 11.5 Å². The minimum Gasteiger partial charge on any atom is -0.459 e. The zero-order chi connectivity index (χ0) is 19.5. The van der Waals surface area contributed by atoms with Gasteiger partial charge in [0.05, 0.1) is 23.1 Å². The second-order valence-corrected chi connectivity index (χ2v) is 6.71. The van der Waals surface area contributed by atoms with Crippen LogP contribution in [0.25, 0.3) is 10.9 Å². The molecule has 28 heavy (non-hydrogen) atoms. The van der Waals surface area contributed by atoms with Gasteiger partial charge in [0, 0.05) is 13.1 Å². The molecule has 1 N–H and O–H groups in total. The molecule has 4 rings (SSSR count). The van der Waals surface area contributed by atoms with Gasteiger partial charge in [-0.1, -0.05) is 12.1 Å².